The van der Waals surface area contributed by atoms with Gasteiger partial charge in [-0.2, -0.15) is 0 Å². The summed E-state index contributed by atoms with van der Waals surface area (Å²) in [5.41, 5.74) is 3.55. The van der Waals surface area contributed by atoms with E-state index in [0.717, 1.165) is 17.5 Å². The summed E-state index contributed by atoms with van der Waals surface area (Å²) in [6.07, 6.45) is 0.724. The molecule has 0 fully saturated rings. The lowest BCUT2D eigenvalue weighted by Gasteiger charge is -2.12. The highest BCUT2D eigenvalue weighted by Crippen LogP contribution is 2.26. The monoisotopic (exact) mass is 425 g/mol. The van der Waals surface area contributed by atoms with Crippen LogP contribution in [-0.2, 0) is 6.42 Å². The molecule has 0 saturated carbocycles. The number of carbonyl (C=O) groups is 2. The van der Waals surface area contributed by atoms with Crippen molar-refractivity contribution in [3.8, 4) is 11.3 Å². The van der Waals surface area contributed by atoms with Crippen LogP contribution in [0.3, 0.4) is 0 Å². The number of benzene rings is 3. The van der Waals surface area contributed by atoms with Crippen LogP contribution >= 0.6 is 0 Å². The summed E-state index contributed by atoms with van der Waals surface area (Å²) >= 11 is 0. The lowest BCUT2D eigenvalue weighted by Crippen LogP contribution is -2.27. The van der Waals surface area contributed by atoms with Crippen LogP contribution in [-0.4, -0.2) is 23.5 Å². The van der Waals surface area contributed by atoms with Crippen molar-refractivity contribution in [2.75, 3.05) is 11.9 Å². The largest absolute Gasteiger partial charge is 0.360 e. The van der Waals surface area contributed by atoms with Crippen LogP contribution in [0.5, 0.6) is 0 Å². The van der Waals surface area contributed by atoms with Crippen LogP contribution in [0.2, 0.25) is 0 Å². The van der Waals surface area contributed by atoms with Gasteiger partial charge in [-0.3, -0.25) is 9.59 Å². The van der Waals surface area contributed by atoms with Crippen LogP contribution in [0.25, 0.3) is 11.3 Å². The second-order valence-corrected chi connectivity index (χ2v) is 7.32. The van der Waals surface area contributed by atoms with Gasteiger partial charge < -0.3 is 15.2 Å². The molecule has 160 valence electrons. The minimum Gasteiger partial charge on any atom is -0.360 e. The number of amides is 2. The van der Waals surface area contributed by atoms with E-state index in [1.165, 1.54) is 0 Å². The van der Waals surface area contributed by atoms with E-state index < -0.39 is 0 Å². The molecule has 0 radical (unpaired) electrons. The standard InChI is InChI=1S/C26H23N3O3/c1-18-23(24(29-32-18)20-12-6-3-7-13-20)26(31)28-22-15-9-8-14-21(22)25(30)27-17-16-19-10-4-2-5-11-19/h2-15H,16-17H2,1H3,(H,27,30)(H,28,31). The zero-order valence-electron chi connectivity index (χ0n) is 17.7. The molecule has 6 heteroatoms. The third-order valence-corrected chi connectivity index (χ3v) is 5.10. The second-order valence-electron chi connectivity index (χ2n) is 7.32. The number of hydrogen-bond donors (Lipinski definition) is 2. The van der Waals surface area contributed by atoms with Crippen molar-refractivity contribution in [3.63, 3.8) is 0 Å². The lowest BCUT2D eigenvalue weighted by atomic mass is 10.1. The molecule has 0 unspecified atom stereocenters. The van der Waals surface area contributed by atoms with E-state index in [-0.39, 0.29) is 11.8 Å². The fraction of sp³-hybridized carbons (Fsp3) is 0.115. The molecule has 2 N–H and O–H groups in total. The topological polar surface area (TPSA) is 84.2 Å². The van der Waals surface area contributed by atoms with E-state index in [2.05, 4.69) is 15.8 Å². The predicted molar refractivity (Wildman–Crippen MR) is 124 cm³/mol. The number of hydrogen-bond acceptors (Lipinski definition) is 4. The Morgan fingerprint density at radius 2 is 1.50 bits per heavy atom. The normalized spacial score (nSPS) is 10.5. The first-order valence-corrected chi connectivity index (χ1v) is 10.4. The first-order valence-electron chi connectivity index (χ1n) is 10.4. The zero-order chi connectivity index (χ0) is 22.3. The van der Waals surface area contributed by atoms with Gasteiger partial charge in [-0.25, -0.2) is 0 Å². The van der Waals surface area contributed by atoms with Crippen LogP contribution in [0.4, 0.5) is 5.69 Å². The average molecular weight is 425 g/mol. The molecule has 0 atom stereocenters. The molecular formula is C26H23N3O3. The number of anilines is 1. The Kier molecular flexibility index (Phi) is 6.41. The smallest absolute Gasteiger partial charge is 0.261 e. The van der Waals surface area contributed by atoms with Crippen molar-refractivity contribution in [2.24, 2.45) is 0 Å². The van der Waals surface area contributed by atoms with E-state index in [4.69, 9.17) is 4.52 Å². The Morgan fingerprint density at radius 1 is 0.844 bits per heavy atom. The molecule has 1 aromatic heterocycles. The first-order chi connectivity index (χ1) is 15.6. The molecule has 0 aliphatic heterocycles. The van der Waals surface area contributed by atoms with E-state index in [9.17, 15) is 9.59 Å². The molecule has 4 rings (SSSR count). The number of nitrogens with one attached hydrogen (secondary N) is 2. The summed E-state index contributed by atoms with van der Waals surface area (Å²) in [6.45, 7) is 2.19. The predicted octanol–water partition coefficient (Wildman–Crippen LogP) is 4.87. The van der Waals surface area contributed by atoms with Crippen LogP contribution in [0.1, 0.15) is 32.0 Å². The maximum absolute atomic E-state index is 13.1. The second kappa shape index (κ2) is 9.75. The number of rotatable bonds is 7. The van der Waals surface area contributed by atoms with Gasteiger partial charge in [0.1, 0.15) is 17.0 Å². The van der Waals surface area contributed by atoms with Crippen molar-refractivity contribution in [2.45, 2.75) is 13.3 Å². The molecule has 32 heavy (non-hydrogen) atoms. The molecule has 1 heterocycles. The number of carbonyl (C=O) groups excluding carboxylic acids is 2. The number of nitrogens with zero attached hydrogens (tertiary/aromatic N) is 1. The van der Waals surface area contributed by atoms with Gasteiger partial charge in [-0.05, 0) is 31.0 Å². The summed E-state index contributed by atoms with van der Waals surface area (Å²) < 4.78 is 5.29. The SMILES string of the molecule is Cc1onc(-c2ccccc2)c1C(=O)Nc1ccccc1C(=O)NCCc1ccccc1. The van der Waals surface area contributed by atoms with Gasteiger partial charge in [0.15, 0.2) is 0 Å². The van der Waals surface area contributed by atoms with Gasteiger partial charge in [0.05, 0.1) is 11.3 Å². The maximum Gasteiger partial charge on any atom is 0.261 e. The summed E-state index contributed by atoms with van der Waals surface area (Å²) in [6, 6.07) is 26.2. The van der Waals surface area contributed by atoms with Crippen LogP contribution in [0.15, 0.2) is 89.5 Å². The summed E-state index contributed by atoms with van der Waals surface area (Å²) in [5.74, 6) is -0.222. The van der Waals surface area contributed by atoms with Crippen molar-refractivity contribution < 1.29 is 14.1 Å². The summed E-state index contributed by atoms with van der Waals surface area (Å²) in [5, 5.41) is 9.84. The quantitative estimate of drug-likeness (QED) is 0.442. The van der Waals surface area contributed by atoms with Crippen molar-refractivity contribution in [1.82, 2.24) is 10.5 Å². The Morgan fingerprint density at radius 3 is 2.25 bits per heavy atom. The van der Waals surface area contributed by atoms with Gasteiger partial charge in [0, 0.05) is 12.1 Å². The third-order valence-electron chi connectivity index (χ3n) is 5.10. The molecule has 4 aromatic rings. The van der Waals surface area contributed by atoms with Gasteiger partial charge in [-0.1, -0.05) is 78.0 Å². The Hall–Kier alpha value is -4.19. The molecule has 0 bridgehead atoms. The maximum atomic E-state index is 13.1. The van der Waals surface area contributed by atoms with Gasteiger partial charge in [-0.15, -0.1) is 0 Å². The number of aryl methyl sites for hydroxylation is 1. The van der Waals surface area contributed by atoms with Crippen molar-refractivity contribution in [3.05, 3.63) is 107 Å². The van der Waals surface area contributed by atoms with E-state index in [1.807, 2.05) is 60.7 Å². The molecule has 0 spiro atoms. The molecule has 0 aliphatic carbocycles. The van der Waals surface area contributed by atoms with E-state index in [0.29, 0.717) is 34.8 Å². The summed E-state index contributed by atoms with van der Waals surface area (Å²) in [4.78, 5) is 25.9. The number of aromatic nitrogens is 1. The molecule has 0 saturated heterocycles. The Balaban J connectivity index is 1.50. The molecular weight excluding hydrogens is 402 g/mol. The molecule has 3 aromatic carbocycles. The zero-order valence-corrected chi connectivity index (χ0v) is 17.7. The highest BCUT2D eigenvalue weighted by molar-refractivity contribution is 6.11. The number of para-hydroxylation sites is 1. The minimum atomic E-state index is -0.382. The van der Waals surface area contributed by atoms with Crippen LogP contribution in [0, 0.1) is 6.92 Å². The van der Waals surface area contributed by atoms with E-state index >= 15 is 0 Å². The molecule has 0 aliphatic rings. The van der Waals surface area contributed by atoms with Crippen molar-refractivity contribution >= 4 is 17.5 Å². The highest BCUT2D eigenvalue weighted by atomic mass is 16.5. The molecule has 2 amide bonds. The minimum absolute atomic E-state index is 0.248. The van der Waals surface area contributed by atoms with Crippen molar-refractivity contribution in [1.29, 1.82) is 0 Å². The fourth-order valence-corrected chi connectivity index (χ4v) is 3.47. The first kappa shape index (κ1) is 21.1. The molecule has 6 nitrogen and oxygen atoms in total. The Bertz CT molecular complexity index is 1220. The van der Waals surface area contributed by atoms with E-state index in [1.54, 1.807) is 31.2 Å². The highest BCUT2D eigenvalue weighted by Gasteiger charge is 2.23. The third kappa shape index (κ3) is 4.75. The Labute approximate surface area is 186 Å². The fourth-order valence-electron chi connectivity index (χ4n) is 3.47. The lowest BCUT2D eigenvalue weighted by molar-refractivity contribution is 0.0955. The van der Waals surface area contributed by atoms with Gasteiger partial charge >= 0.3 is 0 Å². The van der Waals surface area contributed by atoms with Gasteiger partial charge in [0.25, 0.3) is 11.8 Å². The summed E-state index contributed by atoms with van der Waals surface area (Å²) in [7, 11) is 0. The van der Waals surface area contributed by atoms with Gasteiger partial charge in [0.2, 0.25) is 0 Å². The van der Waals surface area contributed by atoms with Crippen LogP contribution < -0.4 is 10.6 Å². The average Bonchev–Trinajstić information content (AvgIpc) is 3.22.